The highest BCUT2D eigenvalue weighted by atomic mass is 32.1. The molecule has 0 fully saturated rings. The molecule has 6 nitrogen and oxygen atoms in total. The van der Waals surface area contributed by atoms with Crippen LogP contribution in [0.15, 0.2) is 46.2 Å². The Morgan fingerprint density at radius 3 is 3.15 bits per heavy atom. The van der Waals surface area contributed by atoms with Gasteiger partial charge in [0.15, 0.2) is 0 Å². The van der Waals surface area contributed by atoms with E-state index in [4.69, 9.17) is 0 Å². The lowest BCUT2D eigenvalue weighted by Gasteiger charge is -2.19. The maximum Gasteiger partial charge on any atom is 0.276 e. The summed E-state index contributed by atoms with van der Waals surface area (Å²) < 4.78 is 1.07. The van der Waals surface area contributed by atoms with E-state index in [0.717, 1.165) is 53.6 Å². The van der Waals surface area contributed by atoms with E-state index in [0.29, 0.717) is 11.7 Å². The van der Waals surface area contributed by atoms with E-state index >= 15 is 0 Å². The Morgan fingerprint density at radius 2 is 2.23 bits per heavy atom. The lowest BCUT2D eigenvalue weighted by atomic mass is 10.0. The summed E-state index contributed by atoms with van der Waals surface area (Å²) in [6, 6.07) is 5.85. The molecule has 1 aliphatic heterocycles. The summed E-state index contributed by atoms with van der Waals surface area (Å²) in [4.78, 5) is 20.8. The van der Waals surface area contributed by atoms with Crippen LogP contribution in [0.5, 0.6) is 0 Å². The number of rotatable bonds is 2. The van der Waals surface area contributed by atoms with E-state index in [1.54, 1.807) is 22.9 Å². The van der Waals surface area contributed by atoms with Gasteiger partial charge in [0.05, 0.1) is 21.8 Å². The maximum atomic E-state index is 12.2. The number of nitrogens with one attached hydrogen (secondary N) is 2. The predicted molar refractivity (Wildman–Crippen MR) is 103 cm³/mol. The van der Waals surface area contributed by atoms with Gasteiger partial charge in [-0.15, -0.1) is 11.3 Å². The lowest BCUT2D eigenvalue weighted by molar-refractivity contribution is -0.115. The number of aliphatic imine (C=N–C) groups is 1. The summed E-state index contributed by atoms with van der Waals surface area (Å²) in [6.45, 7) is 0. The number of aliphatic hydroxyl groups is 1. The van der Waals surface area contributed by atoms with E-state index in [2.05, 4.69) is 20.6 Å². The monoisotopic (exact) mass is 368 g/mol. The summed E-state index contributed by atoms with van der Waals surface area (Å²) >= 11 is 1.56. The van der Waals surface area contributed by atoms with Gasteiger partial charge in [-0.3, -0.25) is 10.1 Å². The summed E-state index contributed by atoms with van der Waals surface area (Å²) in [7, 11) is 0. The SMILES string of the molecule is O=C1NC(NC2=CCCCCC[C@H]2O)=N/C1=C\c1ccc2ncsc2c1. The van der Waals surface area contributed by atoms with Crippen molar-refractivity contribution >= 4 is 39.5 Å². The highest BCUT2D eigenvalue weighted by molar-refractivity contribution is 7.16. The molecule has 0 radical (unpaired) electrons. The molecule has 1 aromatic carbocycles. The van der Waals surface area contributed by atoms with Gasteiger partial charge in [-0.25, -0.2) is 9.98 Å². The first-order valence-electron chi connectivity index (χ1n) is 8.79. The van der Waals surface area contributed by atoms with Crippen molar-refractivity contribution in [1.82, 2.24) is 15.6 Å². The first-order valence-corrected chi connectivity index (χ1v) is 9.67. The minimum absolute atomic E-state index is 0.252. The maximum absolute atomic E-state index is 12.2. The first-order chi connectivity index (χ1) is 12.7. The van der Waals surface area contributed by atoms with Crippen molar-refractivity contribution in [2.75, 3.05) is 0 Å². The van der Waals surface area contributed by atoms with Crippen molar-refractivity contribution in [3.05, 3.63) is 46.7 Å². The van der Waals surface area contributed by atoms with Crippen LogP contribution >= 0.6 is 11.3 Å². The molecule has 134 valence electrons. The number of nitrogens with zero attached hydrogens (tertiary/aromatic N) is 2. The van der Waals surface area contributed by atoms with Crippen molar-refractivity contribution in [1.29, 1.82) is 0 Å². The normalized spacial score (nSPS) is 22.6. The molecular weight excluding hydrogens is 348 g/mol. The van der Waals surface area contributed by atoms with Crippen LogP contribution in [0.4, 0.5) is 0 Å². The molecule has 1 aromatic heterocycles. The zero-order valence-electron chi connectivity index (χ0n) is 14.2. The van der Waals surface area contributed by atoms with E-state index in [1.165, 1.54) is 0 Å². The quantitative estimate of drug-likeness (QED) is 0.712. The summed E-state index contributed by atoms with van der Waals surface area (Å²) in [5.74, 6) is 0.115. The summed E-state index contributed by atoms with van der Waals surface area (Å²) in [5, 5.41) is 16.1. The van der Waals surface area contributed by atoms with E-state index in [9.17, 15) is 9.90 Å². The number of hydrogen-bond acceptors (Lipinski definition) is 6. The Morgan fingerprint density at radius 1 is 1.31 bits per heavy atom. The van der Waals surface area contributed by atoms with Gasteiger partial charge in [-0.2, -0.15) is 0 Å². The van der Waals surface area contributed by atoms with Crippen molar-refractivity contribution < 1.29 is 9.90 Å². The molecule has 0 spiro atoms. The third-order valence-corrected chi connectivity index (χ3v) is 5.31. The molecule has 7 heteroatoms. The largest absolute Gasteiger partial charge is 0.387 e. The van der Waals surface area contributed by atoms with Crippen LogP contribution in [-0.2, 0) is 4.79 Å². The minimum atomic E-state index is -0.545. The number of hydrogen-bond donors (Lipinski definition) is 3. The van der Waals surface area contributed by atoms with Crippen LogP contribution in [0.2, 0.25) is 0 Å². The fourth-order valence-electron chi connectivity index (χ4n) is 3.13. The molecule has 4 rings (SSSR count). The topological polar surface area (TPSA) is 86.6 Å². The Balaban J connectivity index is 1.54. The number of allylic oxidation sites excluding steroid dienone is 1. The molecule has 1 aliphatic carbocycles. The average molecular weight is 368 g/mol. The van der Waals surface area contributed by atoms with Crippen LogP contribution in [0.1, 0.15) is 37.7 Å². The van der Waals surface area contributed by atoms with Gasteiger partial charge in [0.2, 0.25) is 5.96 Å². The van der Waals surface area contributed by atoms with Crippen LogP contribution in [-0.4, -0.2) is 28.1 Å². The van der Waals surface area contributed by atoms with Crippen molar-refractivity contribution in [2.45, 2.75) is 38.2 Å². The number of carbonyl (C=O) groups is 1. The highest BCUT2D eigenvalue weighted by Gasteiger charge is 2.22. The zero-order valence-corrected chi connectivity index (χ0v) is 15.1. The van der Waals surface area contributed by atoms with E-state index in [1.807, 2.05) is 24.3 Å². The summed E-state index contributed by atoms with van der Waals surface area (Å²) in [6.07, 6.45) is 8.10. The van der Waals surface area contributed by atoms with E-state index < -0.39 is 6.10 Å². The number of fused-ring (bicyclic) bond motifs is 1. The molecule has 3 N–H and O–H groups in total. The number of guanidine groups is 1. The third kappa shape index (κ3) is 3.68. The number of amides is 1. The molecule has 2 aliphatic rings. The Bertz CT molecular complexity index is 929. The van der Waals surface area contributed by atoms with Gasteiger partial charge in [0.25, 0.3) is 5.91 Å². The Kier molecular flexibility index (Phi) is 4.81. The molecule has 2 heterocycles. The molecule has 2 aromatic rings. The van der Waals surface area contributed by atoms with Gasteiger partial charge in [0, 0.05) is 5.70 Å². The summed E-state index contributed by atoms with van der Waals surface area (Å²) in [5.41, 5.74) is 4.72. The van der Waals surface area contributed by atoms with Crippen LogP contribution < -0.4 is 10.6 Å². The Hall–Kier alpha value is -2.51. The number of benzene rings is 1. The second kappa shape index (κ2) is 7.39. The lowest BCUT2D eigenvalue weighted by Crippen LogP contribution is -2.38. The van der Waals surface area contributed by atoms with Gasteiger partial charge in [0.1, 0.15) is 5.70 Å². The third-order valence-electron chi connectivity index (χ3n) is 4.52. The first kappa shape index (κ1) is 16.9. The van der Waals surface area contributed by atoms with Crippen molar-refractivity contribution in [2.24, 2.45) is 4.99 Å². The molecule has 0 saturated carbocycles. The smallest absolute Gasteiger partial charge is 0.276 e. The van der Waals surface area contributed by atoms with Crippen LogP contribution in [0.3, 0.4) is 0 Å². The van der Waals surface area contributed by atoms with Crippen LogP contribution in [0, 0.1) is 0 Å². The second-order valence-electron chi connectivity index (χ2n) is 6.46. The molecule has 0 unspecified atom stereocenters. The number of aliphatic hydroxyl groups excluding tert-OH is 1. The average Bonchev–Trinajstić information content (AvgIpc) is 3.21. The van der Waals surface area contributed by atoms with Crippen molar-refractivity contribution in [3.63, 3.8) is 0 Å². The fourth-order valence-corrected chi connectivity index (χ4v) is 3.85. The van der Waals surface area contributed by atoms with Gasteiger partial charge < -0.3 is 10.4 Å². The minimum Gasteiger partial charge on any atom is -0.387 e. The van der Waals surface area contributed by atoms with Crippen LogP contribution in [0.25, 0.3) is 16.3 Å². The fraction of sp³-hybridized carbons (Fsp3) is 0.316. The number of carbonyl (C=O) groups excluding carboxylic acids is 1. The van der Waals surface area contributed by atoms with E-state index in [-0.39, 0.29) is 5.91 Å². The van der Waals surface area contributed by atoms with Gasteiger partial charge >= 0.3 is 0 Å². The van der Waals surface area contributed by atoms with Gasteiger partial charge in [-0.05, 0) is 43.0 Å². The second-order valence-corrected chi connectivity index (χ2v) is 7.35. The Labute approximate surface area is 155 Å². The number of thiazole rings is 1. The highest BCUT2D eigenvalue weighted by Crippen LogP contribution is 2.22. The molecular formula is C19H20N4O2S. The zero-order chi connectivity index (χ0) is 17.9. The molecule has 1 amide bonds. The standard InChI is InChI=1S/C19H20N4O2S/c24-16-6-4-2-1-3-5-13(16)21-19-22-15(18(25)23-19)9-12-7-8-14-17(10-12)26-11-20-14/h5,7-11,16,24H,1-4,6H2,(H2,21,22,23,25)/b13-5?,15-9-/t16-/m1/s1. The molecule has 0 saturated heterocycles. The molecule has 26 heavy (non-hydrogen) atoms. The molecule has 0 bridgehead atoms. The van der Waals surface area contributed by atoms with Crippen molar-refractivity contribution in [3.8, 4) is 0 Å². The molecule has 1 atom stereocenters. The number of aromatic nitrogens is 1. The predicted octanol–water partition coefficient (Wildman–Crippen LogP) is 2.92. The van der Waals surface area contributed by atoms with Gasteiger partial charge in [-0.1, -0.05) is 25.0 Å².